The molecule has 1 atom stereocenters. The van der Waals surface area contributed by atoms with Gasteiger partial charge in [0.25, 0.3) is 0 Å². The van der Waals surface area contributed by atoms with Gasteiger partial charge in [0.15, 0.2) is 0 Å². The van der Waals surface area contributed by atoms with Crippen LogP contribution in [0, 0.1) is 0 Å². The molecule has 0 fully saturated rings. The first-order valence-electron chi connectivity index (χ1n) is 6.82. The van der Waals surface area contributed by atoms with Crippen LogP contribution >= 0.6 is 0 Å². The van der Waals surface area contributed by atoms with E-state index in [1.807, 2.05) is 38.1 Å². The number of benzene rings is 1. The van der Waals surface area contributed by atoms with Crippen LogP contribution in [0.2, 0.25) is 0 Å². The highest BCUT2D eigenvalue weighted by molar-refractivity contribution is 5.33. The zero-order valence-corrected chi connectivity index (χ0v) is 11.9. The van der Waals surface area contributed by atoms with Crippen molar-refractivity contribution < 1.29 is 14.9 Å². The first-order valence-corrected chi connectivity index (χ1v) is 6.82. The molecule has 0 radical (unpaired) electrons. The molecule has 1 aromatic rings. The molecular weight excluding hydrogens is 242 g/mol. The third-order valence-electron chi connectivity index (χ3n) is 3.22. The second-order valence-corrected chi connectivity index (χ2v) is 4.93. The van der Waals surface area contributed by atoms with Crippen LogP contribution in [0.5, 0.6) is 5.75 Å². The zero-order chi connectivity index (χ0) is 14.1. The van der Waals surface area contributed by atoms with Gasteiger partial charge in [-0.15, -0.1) is 0 Å². The Hall–Kier alpha value is -1.10. The number of hydrogen-bond donors (Lipinski definition) is 3. The summed E-state index contributed by atoms with van der Waals surface area (Å²) in [7, 11) is 0. The van der Waals surface area contributed by atoms with Crippen LogP contribution in [0.15, 0.2) is 24.3 Å². The van der Waals surface area contributed by atoms with Gasteiger partial charge in [-0.05, 0) is 31.5 Å². The summed E-state index contributed by atoms with van der Waals surface area (Å²) in [6.07, 6.45) is 1.32. The van der Waals surface area contributed by atoms with Crippen molar-refractivity contribution >= 4 is 0 Å². The molecule has 0 aliphatic heterocycles. The van der Waals surface area contributed by atoms with E-state index in [0.29, 0.717) is 13.0 Å². The normalized spacial score (nSPS) is 14.1. The van der Waals surface area contributed by atoms with E-state index < -0.39 is 0 Å². The molecule has 4 heteroatoms. The van der Waals surface area contributed by atoms with E-state index in [2.05, 4.69) is 5.32 Å². The Morgan fingerprint density at radius 2 is 2.00 bits per heavy atom. The van der Waals surface area contributed by atoms with E-state index in [-0.39, 0.29) is 18.8 Å². The average Bonchev–Trinajstić information content (AvgIpc) is 2.41. The SMILES string of the molecule is CCNC(C)(CO)CCOc1ccccc1CCO. The lowest BCUT2D eigenvalue weighted by molar-refractivity contribution is 0.145. The molecule has 0 aliphatic rings. The molecular formula is C15H25NO3. The third-order valence-corrected chi connectivity index (χ3v) is 3.22. The Morgan fingerprint density at radius 3 is 2.63 bits per heavy atom. The summed E-state index contributed by atoms with van der Waals surface area (Å²) in [5, 5.41) is 21.7. The van der Waals surface area contributed by atoms with E-state index in [1.165, 1.54) is 0 Å². The standard InChI is InChI=1S/C15H25NO3/c1-3-16-15(2,12-18)9-11-19-14-7-5-4-6-13(14)8-10-17/h4-7,16-18H,3,8-12H2,1-2H3. The topological polar surface area (TPSA) is 61.7 Å². The van der Waals surface area contributed by atoms with Gasteiger partial charge in [-0.2, -0.15) is 0 Å². The van der Waals surface area contributed by atoms with Gasteiger partial charge in [0, 0.05) is 18.6 Å². The summed E-state index contributed by atoms with van der Waals surface area (Å²) in [4.78, 5) is 0. The monoisotopic (exact) mass is 267 g/mol. The third kappa shape index (κ3) is 5.19. The van der Waals surface area contributed by atoms with Crippen LogP contribution in [0.1, 0.15) is 25.8 Å². The van der Waals surface area contributed by atoms with Crippen molar-refractivity contribution in [1.29, 1.82) is 0 Å². The molecule has 0 amide bonds. The number of hydrogen-bond acceptors (Lipinski definition) is 4. The Labute approximate surface area is 115 Å². The molecule has 0 saturated carbocycles. The number of ether oxygens (including phenoxy) is 1. The molecule has 0 aromatic heterocycles. The quantitative estimate of drug-likeness (QED) is 0.632. The lowest BCUT2D eigenvalue weighted by Crippen LogP contribution is -2.46. The highest BCUT2D eigenvalue weighted by Gasteiger charge is 2.21. The highest BCUT2D eigenvalue weighted by Crippen LogP contribution is 2.19. The number of para-hydroxylation sites is 1. The molecule has 1 aromatic carbocycles. The van der Waals surface area contributed by atoms with Crippen molar-refractivity contribution in [1.82, 2.24) is 5.32 Å². The maximum atomic E-state index is 9.40. The van der Waals surface area contributed by atoms with Gasteiger partial charge < -0.3 is 20.3 Å². The van der Waals surface area contributed by atoms with Crippen molar-refractivity contribution in [3.05, 3.63) is 29.8 Å². The Bertz CT molecular complexity index is 370. The summed E-state index contributed by atoms with van der Waals surface area (Å²) >= 11 is 0. The fraction of sp³-hybridized carbons (Fsp3) is 0.600. The number of likely N-dealkylation sites (N-methyl/N-ethyl adjacent to an activating group) is 1. The first-order chi connectivity index (χ1) is 9.15. The predicted octanol–water partition coefficient (Wildman–Crippen LogP) is 1.35. The maximum Gasteiger partial charge on any atom is 0.122 e. The van der Waals surface area contributed by atoms with Crippen molar-refractivity contribution in [2.24, 2.45) is 0 Å². The predicted molar refractivity (Wildman–Crippen MR) is 76.5 cm³/mol. The molecule has 0 bridgehead atoms. The second kappa shape index (κ2) is 8.15. The molecule has 108 valence electrons. The lowest BCUT2D eigenvalue weighted by Gasteiger charge is -2.28. The van der Waals surface area contributed by atoms with E-state index in [0.717, 1.165) is 24.3 Å². The van der Waals surface area contributed by atoms with Crippen LogP contribution in [-0.4, -0.2) is 42.1 Å². The highest BCUT2D eigenvalue weighted by atomic mass is 16.5. The van der Waals surface area contributed by atoms with Gasteiger partial charge in [-0.25, -0.2) is 0 Å². The van der Waals surface area contributed by atoms with Crippen LogP contribution < -0.4 is 10.1 Å². The number of aliphatic hydroxyl groups is 2. The summed E-state index contributed by atoms with van der Waals surface area (Å²) < 4.78 is 5.77. The van der Waals surface area contributed by atoms with Gasteiger partial charge in [-0.3, -0.25) is 0 Å². The second-order valence-electron chi connectivity index (χ2n) is 4.93. The summed E-state index contributed by atoms with van der Waals surface area (Å²) in [6, 6.07) is 7.73. The number of aliphatic hydroxyl groups excluding tert-OH is 2. The van der Waals surface area contributed by atoms with Gasteiger partial charge in [0.05, 0.1) is 13.2 Å². The number of rotatable bonds is 9. The molecule has 0 aliphatic carbocycles. The van der Waals surface area contributed by atoms with Crippen LogP contribution in [0.3, 0.4) is 0 Å². The average molecular weight is 267 g/mol. The molecule has 19 heavy (non-hydrogen) atoms. The molecule has 0 saturated heterocycles. The Balaban J connectivity index is 2.52. The minimum atomic E-state index is -0.305. The van der Waals surface area contributed by atoms with Gasteiger partial charge in [-0.1, -0.05) is 25.1 Å². The van der Waals surface area contributed by atoms with E-state index in [4.69, 9.17) is 9.84 Å². The van der Waals surface area contributed by atoms with E-state index >= 15 is 0 Å². The summed E-state index contributed by atoms with van der Waals surface area (Å²) in [5.41, 5.74) is 0.708. The van der Waals surface area contributed by atoms with Gasteiger partial charge in [0.2, 0.25) is 0 Å². The fourth-order valence-corrected chi connectivity index (χ4v) is 2.01. The number of nitrogens with one attached hydrogen (secondary N) is 1. The minimum absolute atomic E-state index is 0.0858. The molecule has 1 unspecified atom stereocenters. The van der Waals surface area contributed by atoms with Crippen LogP contribution in [0.25, 0.3) is 0 Å². The summed E-state index contributed by atoms with van der Waals surface area (Å²) in [6.45, 7) is 5.56. The van der Waals surface area contributed by atoms with E-state index in [1.54, 1.807) is 0 Å². The van der Waals surface area contributed by atoms with Crippen molar-refractivity contribution in [3.8, 4) is 5.75 Å². The van der Waals surface area contributed by atoms with Crippen molar-refractivity contribution in [2.45, 2.75) is 32.2 Å². The smallest absolute Gasteiger partial charge is 0.122 e. The maximum absolute atomic E-state index is 9.40. The molecule has 0 spiro atoms. The minimum Gasteiger partial charge on any atom is -0.493 e. The van der Waals surface area contributed by atoms with Crippen molar-refractivity contribution in [3.63, 3.8) is 0 Å². The molecule has 0 heterocycles. The summed E-state index contributed by atoms with van der Waals surface area (Å²) in [5.74, 6) is 0.813. The first kappa shape index (κ1) is 16.0. The Morgan fingerprint density at radius 1 is 1.26 bits per heavy atom. The molecule has 3 N–H and O–H groups in total. The van der Waals surface area contributed by atoms with Crippen LogP contribution in [-0.2, 0) is 6.42 Å². The lowest BCUT2D eigenvalue weighted by atomic mass is 10.00. The zero-order valence-electron chi connectivity index (χ0n) is 11.9. The molecule has 4 nitrogen and oxygen atoms in total. The van der Waals surface area contributed by atoms with Gasteiger partial charge in [0.1, 0.15) is 5.75 Å². The largest absolute Gasteiger partial charge is 0.493 e. The fourth-order valence-electron chi connectivity index (χ4n) is 2.01. The Kier molecular flexibility index (Phi) is 6.84. The van der Waals surface area contributed by atoms with Crippen LogP contribution in [0.4, 0.5) is 0 Å². The van der Waals surface area contributed by atoms with E-state index in [9.17, 15) is 5.11 Å². The van der Waals surface area contributed by atoms with Crippen molar-refractivity contribution in [2.75, 3.05) is 26.4 Å². The molecule has 1 rings (SSSR count). The van der Waals surface area contributed by atoms with Gasteiger partial charge >= 0.3 is 0 Å².